The van der Waals surface area contributed by atoms with Gasteiger partial charge in [0.05, 0.1) is 11.6 Å². The van der Waals surface area contributed by atoms with Crippen molar-refractivity contribution in [3.8, 4) is 17.5 Å². The van der Waals surface area contributed by atoms with Crippen molar-refractivity contribution >= 4 is 11.6 Å². The van der Waals surface area contributed by atoms with Crippen LogP contribution in [0.1, 0.15) is 78.8 Å². The summed E-state index contributed by atoms with van der Waals surface area (Å²) in [6, 6.07) is 14.2. The zero-order valence-electron chi connectivity index (χ0n) is 21.8. The summed E-state index contributed by atoms with van der Waals surface area (Å²) in [4.78, 5) is 22.6. The number of amides is 1. The van der Waals surface area contributed by atoms with Crippen LogP contribution in [-0.4, -0.2) is 52.2 Å². The predicted molar refractivity (Wildman–Crippen MR) is 143 cm³/mol. The summed E-state index contributed by atoms with van der Waals surface area (Å²) >= 11 is 0. The van der Waals surface area contributed by atoms with Crippen molar-refractivity contribution in [3.05, 3.63) is 64.5 Å². The molecule has 1 amide bonds. The van der Waals surface area contributed by atoms with Gasteiger partial charge in [0.25, 0.3) is 5.91 Å². The van der Waals surface area contributed by atoms with Gasteiger partial charge in [0, 0.05) is 49.4 Å². The molecule has 2 aliphatic rings. The molecule has 188 valence electrons. The first-order valence-electron chi connectivity index (χ1n) is 13.2. The highest BCUT2D eigenvalue weighted by atomic mass is 16.2. The molecule has 0 atom stereocenters. The van der Waals surface area contributed by atoms with Crippen LogP contribution in [0.2, 0.25) is 0 Å². The van der Waals surface area contributed by atoms with Crippen molar-refractivity contribution in [2.24, 2.45) is 0 Å². The average Bonchev–Trinajstić information content (AvgIpc) is 3.38. The van der Waals surface area contributed by atoms with Gasteiger partial charge in [-0.2, -0.15) is 10.4 Å². The van der Waals surface area contributed by atoms with Crippen LogP contribution in [0.5, 0.6) is 0 Å². The molecule has 2 aromatic carbocycles. The topological polar surface area (TPSA) is 88.9 Å². The summed E-state index contributed by atoms with van der Waals surface area (Å²) in [7, 11) is 0. The van der Waals surface area contributed by atoms with E-state index >= 15 is 0 Å². The molecule has 1 N–H and O–H groups in total. The van der Waals surface area contributed by atoms with Crippen LogP contribution in [0, 0.1) is 18.3 Å². The first-order chi connectivity index (χ1) is 17.6. The van der Waals surface area contributed by atoms with Gasteiger partial charge in [0.1, 0.15) is 5.82 Å². The normalized spacial score (nSPS) is 15.5. The Morgan fingerprint density at radius 1 is 1.11 bits per heavy atom. The number of carbonyl (C=O) groups is 1. The Bertz CT molecular complexity index is 1230. The second-order valence-electron chi connectivity index (χ2n) is 9.28. The molecule has 0 spiro atoms. The molecule has 0 aliphatic carbocycles. The fraction of sp³-hybridized carbons (Fsp3) is 0.448. The molecule has 0 bridgehead atoms. The van der Waals surface area contributed by atoms with Gasteiger partial charge in [-0.25, -0.2) is 4.98 Å². The van der Waals surface area contributed by atoms with Crippen molar-refractivity contribution in [1.29, 1.82) is 5.26 Å². The fourth-order valence-corrected chi connectivity index (χ4v) is 4.91. The maximum absolute atomic E-state index is 13.6. The van der Waals surface area contributed by atoms with Crippen LogP contribution in [-0.2, 0) is 6.42 Å². The quantitative estimate of drug-likeness (QED) is 0.519. The molecule has 3 heterocycles. The van der Waals surface area contributed by atoms with Gasteiger partial charge in [-0.15, -0.1) is 0 Å². The second-order valence-corrected chi connectivity index (χ2v) is 9.28. The van der Waals surface area contributed by atoms with Crippen molar-refractivity contribution in [2.75, 3.05) is 31.1 Å². The summed E-state index contributed by atoms with van der Waals surface area (Å²) in [6.45, 7) is 11.6. The Balaban J connectivity index is 0.00000148. The van der Waals surface area contributed by atoms with Gasteiger partial charge in [-0.3, -0.25) is 9.89 Å². The highest BCUT2D eigenvalue weighted by Gasteiger charge is 2.28. The maximum Gasteiger partial charge on any atom is 0.254 e. The van der Waals surface area contributed by atoms with E-state index in [0.717, 1.165) is 73.6 Å². The summed E-state index contributed by atoms with van der Waals surface area (Å²) in [5.74, 6) is 2.01. The summed E-state index contributed by atoms with van der Waals surface area (Å²) in [6.07, 6.45) is 3.83. The molecule has 3 aromatic rings. The minimum Gasteiger partial charge on any atom is -0.371 e. The molecule has 0 saturated carbocycles. The van der Waals surface area contributed by atoms with E-state index in [1.165, 1.54) is 12.0 Å². The Hall–Kier alpha value is -3.66. The second kappa shape index (κ2) is 11.4. The van der Waals surface area contributed by atoms with Gasteiger partial charge >= 0.3 is 0 Å². The zero-order valence-corrected chi connectivity index (χ0v) is 21.8. The van der Waals surface area contributed by atoms with Crippen molar-refractivity contribution < 1.29 is 4.79 Å². The predicted octanol–water partition coefficient (Wildman–Crippen LogP) is 5.47. The van der Waals surface area contributed by atoms with Crippen LogP contribution in [0.3, 0.4) is 0 Å². The number of benzene rings is 2. The highest BCUT2D eigenvalue weighted by Crippen LogP contribution is 2.36. The summed E-state index contributed by atoms with van der Waals surface area (Å²) in [5, 5.41) is 16.5. The average molecular weight is 485 g/mol. The van der Waals surface area contributed by atoms with Crippen LogP contribution in [0.15, 0.2) is 36.4 Å². The molecule has 1 aromatic heterocycles. The lowest BCUT2D eigenvalue weighted by atomic mass is 9.88. The molecule has 2 saturated heterocycles. The van der Waals surface area contributed by atoms with E-state index in [4.69, 9.17) is 5.26 Å². The standard InChI is InChI=1S/C27H30N6O.C2H6/c1-3-25-29-26(31-30-25)23-16-22(18(2)15-24(23)32-11-4-12-32)27(34)33-13-9-21(10-14-33)20-7-5-19(17-28)6-8-20;1-2/h5-8,15-16,21H,3-4,9-14H2,1-2H3,(H,29,30,31);1-2H3. The number of nitrogens with zero attached hydrogens (tertiary/aromatic N) is 5. The highest BCUT2D eigenvalue weighted by molar-refractivity contribution is 5.98. The van der Waals surface area contributed by atoms with Gasteiger partial charge in [0.2, 0.25) is 0 Å². The molecule has 2 aliphatic heterocycles. The largest absolute Gasteiger partial charge is 0.371 e. The molecular formula is C29H36N6O. The van der Waals surface area contributed by atoms with E-state index in [1.807, 2.05) is 62.9 Å². The van der Waals surface area contributed by atoms with Crippen LogP contribution < -0.4 is 4.90 Å². The Kier molecular flexibility index (Phi) is 8.04. The van der Waals surface area contributed by atoms with E-state index in [0.29, 0.717) is 17.3 Å². The molecule has 5 rings (SSSR count). The number of anilines is 1. The van der Waals surface area contributed by atoms with Crippen molar-refractivity contribution in [3.63, 3.8) is 0 Å². The summed E-state index contributed by atoms with van der Waals surface area (Å²) in [5.41, 5.74) is 5.70. The van der Waals surface area contributed by atoms with Gasteiger partial charge in [-0.05, 0) is 67.5 Å². The van der Waals surface area contributed by atoms with Crippen molar-refractivity contribution in [1.82, 2.24) is 20.1 Å². The summed E-state index contributed by atoms with van der Waals surface area (Å²) < 4.78 is 0. The Morgan fingerprint density at radius 3 is 2.36 bits per heavy atom. The lowest BCUT2D eigenvalue weighted by molar-refractivity contribution is 0.0712. The number of aryl methyl sites for hydroxylation is 2. The SMILES string of the molecule is CC.CCc1nc(-c2cc(C(=O)N3CCC(c4ccc(C#N)cc4)CC3)c(C)cc2N2CCC2)n[nH]1. The van der Waals surface area contributed by atoms with Gasteiger partial charge in [0.15, 0.2) is 5.82 Å². The van der Waals surface area contributed by atoms with E-state index in [9.17, 15) is 4.79 Å². The first kappa shape index (κ1) is 25.4. The zero-order chi connectivity index (χ0) is 25.7. The number of hydrogen-bond acceptors (Lipinski definition) is 5. The monoisotopic (exact) mass is 484 g/mol. The number of aromatic nitrogens is 3. The van der Waals surface area contributed by atoms with E-state index in [1.54, 1.807) is 0 Å². The molecule has 36 heavy (non-hydrogen) atoms. The number of likely N-dealkylation sites (tertiary alicyclic amines) is 1. The third-order valence-corrected chi connectivity index (χ3v) is 7.17. The smallest absolute Gasteiger partial charge is 0.254 e. The van der Waals surface area contributed by atoms with Crippen molar-refractivity contribution in [2.45, 2.75) is 59.3 Å². The van der Waals surface area contributed by atoms with Gasteiger partial charge < -0.3 is 9.80 Å². The number of rotatable bonds is 5. The minimum atomic E-state index is 0.0819. The minimum absolute atomic E-state index is 0.0819. The molecule has 2 fully saturated rings. The molecule has 0 radical (unpaired) electrons. The van der Waals surface area contributed by atoms with Crippen LogP contribution in [0.4, 0.5) is 5.69 Å². The van der Waals surface area contributed by atoms with Crippen LogP contribution >= 0.6 is 0 Å². The third kappa shape index (κ3) is 5.13. The van der Waals surface area contributed by atoms with E-state index in [2.05, 4.69) is 32.2 Å². The number of nitriles is 1. The fourth-order valence-electron chi connectivity index (χ4n) is 4.91. The number of H-pyrrole nitrogens is 1. The lowest BCUT2D eigenvalue weighted by Crippen LogP contribution is -2.39. The molecule has 7 heteroatoms. The number of nitrogens with one attached hydrogen (secondary N) is 1. The number of carbonyl (C=O) groups excluding carboxylic acids is 1. The van der Waals surface area contributed by atoms with E-state index < -0.39 is 0 Å². The van der Waals surface area contributed by atoms with E-state index in [-0.39, 0.29) is 5.91 Å². The third-order valence-electron chi connectivity index (χ3n) is 7.17. The van der Waals surface area contributed by atoms with Crippen LogP contribution in [0.25, 0.3) is 11.4 Å². The number of aromatic amines is 1. The number of hydrogen-bond donors (Lipinski definition) is 1. The Labute approximate surface area is 214 Å². The lowest BCUT2D eigenvalue weighted by Gasteiger charge is -2.35. The molecule has 7 nitrogen and oxygen atoms in total. The number of piperidine rings is 1. The first-order valence-corrected chi connectivity index (χ1v) is 13.2. The maximum atomic E-state index is 13.6. The Morgan fingerprint density at radius 2 is 1.81 bits per heavy atom. The molecule has 0 unspecified atom stereocenters. The van der Waals surface area contributed by atoms with Gasteiger partial charge in [-0.1, -0.05) is 32.9 Å². The molecular weight excluding hydrogens is 448 g/mol.